The summed E-state index contributed by atoms with van der Waals surface area (Å²) in [4.78, 5) is 21.1. The van der Waals surface area contributed by atoms with Gasteiger partial charge in [-0.15, -0.1) is 0 Å². The molecule has 0 atom stereocenters. The van der Waals surface area contributed by atoms with Gasteiger partial charge in [0.25, 0.3) is 5.69 Å². The Morgan fingerprint density at radius 3 is 2.43 bits per heavy atom. The van der Waals surface area contributed by atoms with Crippen molar-refractivity contribution in [2.24, 2.45) is 0 Å². The molecule has 1 N–H and O–H groups in total. The van der Waals surface area contributed by atoms with Gasteiger partial charge in [-0.2, -0.15) is 13.2 Å². The van der Waals surface area contributed by atoms with Gasteiger partial charge >= 0.3 is 12.1 Å². The van der Waals surface area contributed by atoms with E-state index in [1.54, 1.807) is 5.32 Å². The van der Waals surface area contributed by atoms with E-state index in [2.05, 4.69) is 0 Å². The van der Waals surface area contributed by atoms with Crippen molar-refractivity contribution in [2.75, 3.05) is 5.32 Å². The van der Waals surface area contributed by atoms with Crippen LogP contribution in [0.5, 0.6) is 0 Å². The van der Waals surface area contributed by atoms with Crippen LogP contribution >= 0.6 is 0 Å². The Bertz CT molecular complexity index is 595. The third kappa shape index (κ3) is 2.98. The Hall–Kier alpha value is -2.12. The maximum absolute atomic E-state index is 12.2. The lowest BCUT2D eigenvalue weighted by Gasteiger charge is -2.38. The summed E-state index contributed by atoms with van der Waals surface area (Å²) in [5.74, 6) is -2.23. The number of rotatable bonds is 3. The van der Waals surface area contributed by atoms with Crippen LogP contribution in [0.25, 0.3) is 0 Å². The molecule has 5 nitrogen and oxygen atoms in total. The molecule has 2 rings (SSSR count). The number of nitro benzene ring substituents is 1. The lowest BCUT2D eigenvalue weighted by Crippen LogP contribution is -2.31. The van der Waals surface area contributed by atoms with Crippen LogP contribution in [0.3, 0.4) is 0 Å². The lowest BCUT2D eigenvalue weighted by atomic mass is 9.66. The molecule has 1 saturated carbocycles. The Morgan fingerprint density at radius 1 is 1.38 bits per heavy atom. The molecule has 1 fully saturated rings. The molecule has 1 aliphatic rings. The van der Waals surface area contributed by atoms with Crippen molar-refractivity contribution in [3.05, 3.63) is 33.9 Å². The molecule has 1 aliphatic carbocycles. The van der Waals surface area contributed by atoms with E-state index in [-0.39, 0.29) is 5.41 Å². The number of hydrogen-bond acceptors (Lipinski definition) is 3. The average Bonchev–Trinajstić information content (AvgIpc) is 2.35. The minimum atomic E-state index is -5.09. The molecular formula is C13H13F3N2O3. The van der Waals surface area contributed by atoms with Gasteiger partial charge in [-0.1, -0.05) is 19.4 Å². The van der Waals surface area contributed by atoms with E-state index in [4.69, 9.17) is 0 Å². The summed E-state index contributed by atoms with van der Waals surface area (Å²) in [6, 6.07) is 3.92. The van der Waals surface area contributed by atoms with E-state index in [1.165, 1.54) is 12.1 Å². The average molecular weight is 302 g/mol. The molecule has 1 amide bonds. The third-order valence-electron chi connectivity index (χ3n) is 3.85. The number of amides is 1. The standard InChI is InChI=1S/C13H13F3N2O3/c1-12(5-2-6-12)8-3-4-9(10(7-8)18(20)21)17-11(19)13(14,15)16/h3-4,7H,2,5-6H2,1H3,(H,17,19). The van der Waals surface area contributed by atoms with Gasteiger partial charge in [-0.05, 0) is 29.9 Å². The molecule has 1 aromatic rings. The number of alkyl halides is 3. The van der Waals surface area contributed by atoms with Crippen LogP contribution < -0.4 is 5.32 Å². The fourth-order valence-corrected chi connectivity index (χ4v) is 2.35. The summed E-state index contributed by atoms with van der Waals surface area (Å²) in [5.41, 5.74) is -0.463. The zero-order valence-corrected chi connectivity index (χ0v) is 11.2. The predicted octanol–water partition coefficient (Wildman–Crippen LogP) is 3.54. The number of anilines is 1. The normalized spacial score (nSPS) is 17.0. The molecule has 0 spiro atoms. The van der Waals surface area contributed by atoms with Gasteiger partial charge in [-0.3, -0.25) is 14.9 Å². The topological polar surface area (TPSA) is 72.2 Å². The number of hydrogen-bond donors (Lipinski definition) is 1. The number of carbonyl (C=O) groups excluding carboxylic acids is 1. The van der Waals surface area contributed by atoms with Crippen LogP contribution in [0, 0.1) is 10.1 Å². The second-order valence-corrected chi connectivity index (χ2v) is 5.36. The largest absolute Gasteiger partial charge is 0.471 e. The van der Waals surface area contributed by atoms with Gasteiger partial charge in [-0.25, -0.2) is 0 Å². The summed E-state index contributed by atoms with van der Waals surface area (Å²) < 4.78 is 36.7. The Labute approximate surface area is 118 Å². The molecular weight excluding hydrogens is 289 g/mol. The monoisotopic (exact) mass is 302 g/mol. The van der Waals surface area contributed by atoms with Crippen molar-refractivity contribution in [1.29, 1.82) is 0 Å². The van der Waals surface area contributed by atoms with Gasteiger partial charge in [0.2, 0.25) is 0 Å². The highest BCUT2D eigenvalue weighted by Crippen LogP contribution is 2.45. The van der Waals surface area contributed by atoms with Gasteiger partial charge in [0, 0.05) is 6.07 Å². The molecule has 0 aromatic heterocycles. The zero-order valence-electron chi connectivity index (χ0n) is 11.2. The molecule has 114 valence electrons. The van der Waals surface area contributed by atoms with Crippen molar-refractivity contribution < 1.29 is 22.9 Å². The van der Waals surface area contributed by atoms with Crippen LogP contribution in [0.2, 0.25) is 0 Å². The third-order valence-corrected chi connectivity index (χ3v) is 3.85. The first-order valence-corrected chi connectivity index (χ1v) is 6.30. The predicted molar refractivity (Wildman–Crippen MR) is 69.0 cm³/mol. The van der Waals surface area contributed by atoms with Crippen LogP contribution in [0.1, 0.15) is 31.7 Å². The van der Waals surface area contributed by atoms with Crippen molar-refractivity contribution >= 4 is 17.3 Å². The van der Waals surface area contributed by atoms with Crippen LogP contribution in [-0.4, -0.2) is 17.0 Å². The molecule has 0 radical (unpaired) electrons. The van der Waals surface area contributed by atoms with Crippen LogP contribution in [0.15, 0.2) is 18.2 Å². The van der Waals surface area contributed by atoms with Crippen molar-refractivity contribution in [3.63, 3.8) is 0 Å². The van der Waals surface area contributed by atoms with E-state index in [9.17, 15) is 28.1 Å². The Morgan fingerprint density at radius 2 is 2.00 bits per heavy atom. The smallest absolute Gasteiger partial charge is 0.312 e. The maximum atomic E-state index is 12.2. The first-order chi connectivity index (χ1) is 9.63. The highest BCUT2D eigenvalue weighted by atomic mass is 19.4. The van der Waals surface area contributed by atoms with Crippen molar-refractivity contribution in [1.82, 2.24) is 0 Å². The number of benzene rings is 1. The highest BCUT2D eigenvalue weighted by Gasteiger charge is 2.40. The van der Waals surface area contributed by atoms with Crippen molar-refractivity contribution in [2.45, 2.75) is 37.8 Å². The maximum Gasteiger partial charge on any atom is 0.471 e. The van der Waals surface area contributed by atoms with E-state index in [0.29, 0.717) is 5.56 Å². The minimum absolute atomic E-state index is 0.183. The van der Waals surface area contributed by atoms with Gasteiger partial charge in [0.05, 0.1) is 4.92 Å². The van der Waals surface area contributed by atoms with E-state index >= 15 is 0 Å². The molecule has 0 saturated heterocycles. The van der Waals surface area contributed by atoms with E-state index in [0.717, 1.165) is 25.3 Å². The number of nitrogens with one attached hydrogen (secondary N) is 1. The molecule has 0 bridgehead atoms. The molecule has 0 aliphatic heterocycles. The highest BCUT2D eigenvalue weighted by molar-refractivity contribution is 5.96. The summed E-state index contributed by atoms with van der Waals surface area (Å²) in [5, 5.41) is 12.6. The fourth-order valence-electron chi connectivity index (χ4n) is 2.35. The minimum Gasteiger partial charge on any atom is -0.312 e. The quantitative estimate of drug-likeness (QED) is 0.685. The summed E-state index contributed by atoms with van der Waals surface area (Å²) in [6.07, 6.45) is -2.33. The second kappa shape index (κ2) is 5.01. The van der Waals surface area contributed by atoms with Gasteiger partial charge in [0.1, 0.15) is 5.69 Å². The zero-order chi connectivity index (χ0) is 15.8. The number of nitro groups is 1. The first-order valence-electron chi connectivity index (χ1n) is 6.30. The van der Waals surface area contributed by atoms with Gasteiger partial charge < -0.3 is 5.32 Å². The van der Waals surface area contributed by atoms with Gasteiger partial charge in [0.15, 0.2) is 0 Å². The molecule has 1 aromatic carbocycles. The lowest BCUT2D eigenvalue weighted by molar-refractivity contribution is -0.384. The van der Waals surface area contributed by atoms with E-state index < -0.39 is 28.4 Å². The Kier molecular flexibility index (Phi) is 3.65. The number of carbonyl (C=O) groups is 1. The molecule has 0 unspecified atom stereocenters. The number of nitrogens with zero attached hydrogens (tertiary/aromatic N) is 1. The SMILES string of the molecule is CC1(c2ccc(NC(=O)C(F)(F)F)c([N+](=O)[O-])c2)CCC1. The summed E-state index contributed by atoms with van der Waals surface area (Å²) in [6.45, 7) is 1.95. The van der Waals surface area contributed by atoms with Crippen LogP contribution in [0.4, 0.5) is 24.5 Å². The first kappa shape index (κ1) is 15.3. The summed E-state index contributed by atoms with van der Waals surface area (Å²) in [7, 11) is 0. The molecule has 0 heterocycles. The number of halogens is 3. The van der Waals surface area contributed by atoms with Crippen LogP contribution in [-0.2, 0) is 10.2 Å². The summed E-state index contributed by atoms with van der Waals surface area (Å²) >= 11 is 0. The Balaban J connectivity index is 2.34. The molecule has 21 heavy (non-hydrogen) atoms. The van der Waals surface area contributed by atoms with E-state index in [1.807, 2.05) is 6.92 Å². The van der Waals surface area contributed by atoms with Crippen molar-refractivity contribution in [3.8, 4) is 0 Å². The second-order valence-electron chi connectivity index (χ2n) is 5.36. The molecule has 8 heteroatoms. The fraction of sp³-hybridized carbons (Fsp3) is 0.462.